The average Bonchev–Trinajstić information content (AvgIpc) is 2.88. The van der Waals surface area contributed by atoms with E-state index in [9.17, 15) is 5.11 Å². The molecule has 102 valence electrons. The van der Waals surface area contributed by atoms with Crippen LogP contribution in [0, 0.1) is 5.92 Å². The SMILES string of the molecule is CCc1ccc(CC(CO)Cc2ccccc2Br)s1. The van der Waals surface area contributed by atoms with Gasteiger partial charge in [0.05, 0.1) is 0 Å². The van der Waals surface area contributed by atoms with E-state index in [-0.39, 0.29) is 6.61 Å². The minimum absolute atomic E-state index is 0.237. The highest BCUT2D eigenvalue weighted by Crippen LogP contribution is 2.24. The van der Waals surface area contributed by atoms with E-state index in [2.05, 4.69) is 53.2 Å². The molecule has 0 fully saturated rings. The van der Waals surface area contributed by atoms with Crippen molar-refractivity contribution >= 4 is 27.3 Å². The molecule has 0 radical (unpaired) electrons. The molecule has 1 N–H and O–H groups in total. The maximum Gasteiger partial charge on any atom is 0.0465 e. The Bertz CT molecular complexity index is 521. The summed E-state index contributed by atoms with van der Waals surface area (Å²) in [5, 5.41) is 9.59. The zero-order valence-corrected chi connectivity index (χ0v) is 13.5. The molecule has 1 heterocycles. The lowest BCUT2D eigenvalue weighted by Crippen LogP contribution is -2.12. The minimum atomic E-state index is 0.237. The summed E-state index contributed by atoms with van der Waals surface area (Å²) in [7, 11) is 0. The molecular weight excluding hydrogens is 320 g/mol. The van der Waals surface area contributed by atoms with Crippen LogP contribution in [0.3, 0.4) is 0 Å². The summed E-state index contributed by atoms with van der Waals surface area (Å²) in [5.74, 6) is 0.294. The number of aliphatic hydroxyl groups excluding tert-OH is 1. The minimum Gasteiger partial charge on any atom is -0.396 e. The number of rotatable bonds is 6. The molecule has 0 spiro atoms. The van der Waals surface area contributed by atoms with Crippen LogP contribution in [-0.4, -0.2) is 11.7 Å². The largest absolute Gasteiger partial charge is 0.396 e. The molecule has 0 aliphatic heterocycles. The molecule has 2 aromatic rings. The third-order valence-electron chi connectivity index (χ3n) is 3.28. The van der Waals surface area contributed by atoms with Crippen LogP contribution in [0.4, 0.5) is 0 Å². The molecule has 1 aromatic carbocycles. The van der Waals surface area contributed by atoms with Crippen molar-refractivity contribution < 1.29 is 5.11 Å². The summed E-state index contributed by atoms with van der Waals surface area (Å²) < 4.78 is 1.13. The van der Waals surface area contributed by atoms with Gasteiger partial charge in [-0.05, 0) is 48.9 Å². The molecule has 2 rings (SSSR count). The Labute approximate surface area is 127 Å². The Morgan fingerprint density at radius 1 is 1.11 bits per heavy atom. The molecule has 0 aliphatic rings. The van der Waals surface area contributed by atoms with E-state index in [1.54, 1.807) is 0 Å². The number of benzene rings is 1. The first kappa shape index (κ1) is 14.8. The maximum atomic E-state index is 9.59. The fourth-order valence-corrected chi connectivity index (χ4v) is 3.70. The van der Waals surface area contributed by atoms with E-state index in [1.807, 2.05) is 17.4 Å². The van der Waals surface area contributed by atoms with Crippen molar-refractivity contribution in [1.29, 1.82) is 0 Å². The zero-order chi connectivity index (χ0) is 13.7. The Balaban J connectivity index is 2.02. The monoisotopic (exact) mass is 338 g/mol. The molecule has 1 unspecified atom stereocenters. The van der Waals surface area contributed by atoms with E-state index >= 15 is 0 Å². The van der Waals surface area contributed by atoms with Gasteiger partial charge in [0.15, 0.2) is 0 Å². The normalized spacial score (nSPS) is 12.6. The van der Waals surface area contributed by atoms with Gasteiger partial charge >= 0.3 is 0 Å². The van der Waals surface area contributed by atoms with Crippen LogP contribution in [-0.2, 0) is 19.3 Å². The summed E-state index contributed by atoms with van der Waals surface area (Å²) in [6.07, 6.45) is 2.97. The second-order valence-corrected chi connectivity index (χ2v) is 6.88. The van der Waals surface area contributed by atoms with Crippen LogP contribution in [0.25, 0.3) is 0 Å². The summed E-state index contributed by atoms with van der Waals surface area (Å²) in [4.78, 5) is 2.80. The van der Waals surface area contributed by atoms with Crippen molar-refractivity contribution in [3.63, 3.8) is 0 Å². The van der Waals surface area contributed by atoms with Crippen LogP contribution >= 0.6 is 27.3 Å². The van der Waals surface area contributed by atoms with Crippen LogP contribution in [0.15, 0.2) is 40.9 Å². The second-order valence-electron chi connectivity index (χ2n) is 4.77. The van der Waals surface area contributed by atoms with E-state index in [1.165, 1.54) is 15.3 Å². The van der Waals surface area contributed by atoms with Gasteiger partial charge < -0.3 is 5.11 Å². The maximum absolute atomic E-state index is 9.59. The van der Waals surface area contributed by atoms with E-state index in [0.717, 1.165) is 23.7 Å². The molecule has 19 heavy (non-hydrogen) atoms. The highest BCUT2D eigenvalue weighted by molar-refractivity contribution is 9.10. The van der Waals surface area contributed by atoms with Gasteiger partial charge in [0.1, 0.15) is 0 Å². The number of aryl methyl sites for hydroxylation is 1. The standard InChI is InChI=1S/C16H19BrOS/c1-2-14-7-8-15(19-14)10-12(11-18)9-13-5-3-4-6-16(13)17/h3-8,12,18H,2,9-11H2,1H3. The molecule has 1 nitrogen and oxygen atoms in total. The van der Waals surface area contributed by atoms with Crippen molar-refractivity contribution in [1.82, 2.24) is 0 Å². The predicted molar refractivity (Wildman–Crippen MR) is 85.8 cm³/mol. The first-order valence-corrected chi connectivity index (χ1v) is 8.25. The lowest BCUT2D eigenvalue weighted by Gasteiger charge is -2.14. The van der Waals surface area contributed by atoms with Crippen molar-refractivity contribution in [2.24, 2.45) is 5.92 Å². The molecule has 0 saturated carbocycles. The third kappa shape index (κ3) is 4.16. The van der Waals surface area contributed by atoms with E-state index < -0.39 is 0 Å². The van der Waals surface area contributed by atoms with Crippen molar-refractivity contribution in [2.75, 3.05) is 6.61 Å². The molecule has 1 atom stereocenters. The first-order chi connectivity index (χ1) is 9.22. The third-order valence-corrected chi connectivity index (χ3v) is 5.31. The lowest BCUT2D eigenvalue weighted by molar-refractivity contribution is 0.225. The molecule has 1 aromatic heterocycles. The highest BCUT2D eigenvalue weighted by Gasteiger charge is 2.12. The summed E-state index contributed by atoms with van der Waals surface area (Å²) in [6.45, 7) is 2.42. The van der Waals surface area contributed by atoms with Gasteiger partial charge in [-0.3, -0.25) is 0 Å². The highest BCUT2D eigenvalue weighted by atomic mass is 79.9. The topological polar surface area (TPSA) is 20.2 Å². The zero-order valence-electron chi connectivity index (χ0n) is 11.1. The fraction of sp³-hybridized carbons (Fsp3) is 0.375. The molecule has 0 aliphatic carbocycles. The van der Waals surface area contributed by atoms with Gasteiger partial charge in [0, 0.05) is 20.8 Å². The predicted octanol–water partition coefficient (Wildman–Crippen LogP) is 4.47. The van der Waals surface area contributed by atoms with Gasteiger partial charge in [0.2, 0.25) is 0 Å². The fourth-order valence-electron chi connectivity index (χ4n) is 2.18. The lowest BCUT2D eigenvalue weighted by atomic mass is 9.96. The summed E-state index contributed by atoms with van der Waals surface area (Å²) >= 11 is 5.44. The molecular formula is C16H19BrOS. The number of aliphatic hydroxyl groups is 1. The Kier molecular flexibility index (Phi) is 5.61. The second kappa shape index (κ2) is 7.22. The number of halogens is 1. The molecule has 0 bridgehead atoms. The Hall–Kier alpha value is -0.640. The van der Waals surface area contributed by atoms with Gasteiger partial charge in [-0.15, -0.1) is 11.3 Å². The van der Waals surface area contributed by atoms with E-state index in [0.29, 0.717) is 5.92 Å². The summed E-state index contributed by atoms with van der Waals surface area (Å²) in [6, 6.07) is 12.7. The van der Waals surface area contributed by atoms with Gasteiger partial charge in [-0.25, -0.2) is 0 Å². The van der Waals surface area contributed by atoms with Crippen molar-refractivity contribution in [2.45, 2.75) is 26.2 Å². The first-order valence-electron chi connectivity index (χ1n) is 6.64. The molecule has 0 saturated heterocycles. The van der Waals surface area contributed by atoms with Crippen LogP contribution in [0.1, 0.15) is 22.2 Å². The molecule has 3 heteroatoms. The van der Waals surface area contributed by atoms with Crippen LogP contribution in [0.5, 0.6) is 0 Å². The number of thiophene rings is 1. The van der Waals surface area contributed by atoms with Gasteiger partial charge in [0.25, 0.3) is 0 Å². The number of hydrogen-bond acceptors (Lipinski definition) is 2. The average molecular weight is 339 g/mol. The Morgan fingerprint density at radius 3 is 2.47 bits per heavy atom. The Morgan fingerprint density at radius 2 is 1.84 bits per heavy atom. The smallest absolute Gasteiger partial charge is 0.0465 e. The van der Waals surface area contributed by atoms with Crippen LogP contribution < -0.4 is 0 Å². The van der Waals surface area contributed by atoms with Crippen molar-refractivity contribution in [3.05, 3.63) is 56.2 Å². The van der Waals surface area contributed by atoms with Crippen LogP contribution in [0.2, 0.25) is 0 Å². The van der Waals surface area contributed by atoms with Crippen molar-refractivity contribution in [3.8, 4) is 0 Å². The van der Waals surface area contributed by atoms with E-state index in [4.69, 9.17) is 0 Å². The molecule has 0 amide bonds. The number of hydrogen-bond donors (Lipinski definition) is 1. The van der Waals surface area contributed by atoms with Gasteiger partial charge in [-0.1, -0.05) is 41.1 Å². The quantitative estimate of drug-likeness (QED) is 0.823. The summed E-state index contributed by atoms with van der Waals surface area (Å²) in [5.41, 5.74) is 1.27. The van der Waals surface area contributed by atoms with Gasteiger partial charge in [-0.2, -0.15) is 0 Å².